The molecule has 0 spiro atoms. The van der Waals surface area contributed by atoms with Gasteiger partial charge in [-0.05, 0) is 67.9 Å². The summed E-state index contributed by atoms with van der Waals surface area (Å²) in [5, 5.41) is 15.1. The van der Waals surface area contributed by atoms with Gasteiger partial charge in [0.05, 0.1) is 4.92 Å². The fourth-order valence-electron chi connectivity index (χ4n) is 7.01. The molecule has 4 aliphatic carbocycles. The minimum atomic E-state index is -0.402. The first-order valence-corrected chi connectivity index (χ1v) is 12.4. The summed E-state index contributed by atoms with van der Waals surface area (Å²) in [4.78, 5) is 40.6. The number of benzene rings is 1. The predicted octanol–water partition coefficient (Wildman–Crippen LogP) is 3.45. The van der Waals surface area contributed by atoms with Gasteiger partial charge in [0.2, 0.25) is 5.91 Å². The number of nitrogens with one attached hydrogen (secondary N) is 1. The van der Waals surface area contributed by atoms with Crippen molar-refractivity contribution in [2.75, 3.05) is 31.1 Å². The number of hydrogen-bond donors (Lipinski definition) is 1. The van der Waals surface area contributed by atoms with Gasteiger partial charge in [0.1, 0.15) is 5.69 Å². The maximum absolute atomic E-state index is 13.1. The number of amides is 2. The Hall–Kier alpha value is -2.64. The number of nitrogens with zero attached hydrogens (tertiary/aromatic N) is 3. The molecule has 1 aromatic carbocycles. The number of nitro groups is 1. The van der Waals surface area contributed by atoms with Crippen LogP contribution in [0.3, 0.4) is 0 Å². The number of piperazine rings is 1. The van der Waals surface area contributed by atoms with E-state index in [2.05, 4.69) is 5.32 Å². The summed E-state index contributed by atoms with van der Waals surface area (Å²) < 4.78 is 0. The molecule has 33 heavy (non-hydrogen) atoms. The van der Waals surface area contributed by atoms with Crippen molar-refractivity contribution in [3.05, 3.63) is 33.9 Å². The van der Waals surface area contributed by atoms with Gasteiger partial charge in [0.25, 0.3) is 11.6 Å². The summed E-state index contributed by atoms with van der Waals surface area (Å²) in [5.74, 6) is 2.64. The molecule has 4 bridgehead atoms. The van der Waals surface area contributed by atoms with Crippen LogP contribution in [0.25, 0.3) is 0 Å². The highest BCUT2D eigenvalue weighted by Crippen LogP contribution is 2.53. The second-order valence-electron chi connectivity index (χ2n) is 10.9. The van der Waals surface area contributed by atoms with Gasteiger partial charge in [-0.15, -0.1) is 0 Å². The molecule has 5 aliphatic rings. The molecule has 8 heteroatoms. The molecule has 0 radical (unpaired) electrons. The summed E-state index contributed by atoms with van der Waals surface area (Å²) in [7, 11) is 0. The quantitative estimate of drug-likeness (QED) is 0.543. The fourth-order valence-corrected chi connectivity index (χ4v) is 7.01. The number of rotatable bonds is 5. The van der Waals surface area contributed by atoms with E-state index in [1.165, 1.54) is 38.2 Å². The summed E-state index contributed by atoms with van der Waals surface area (Å²) in [6.45, 7) is 5.93. The van der Waals surface area contributed by atoms with Crippen LogP contribution in [-0.2, 0) is 4.79 Å². The zero-order valence-electron chi connectivity index (χ0n) is 19.5. The topological polar surface area (TPSA) is 95.8 Å². The van der Waals surface area contributed by atoms with Crippen molar-refractivity contribution in [2.24, 2.45) is 29.6 Å². The molecule has 5 fully saturated rings. The van der Waals surface area contributed by atoms with Gasteiger partial charge in [-0.25, -0.2) is 0 Å². The number of anilines is 1. The van der Waals surface area contributed by atoms with Crippen LogP contribution in [0.4, 0.5) is 11.4 Å². The minimum absolute atomic E-state index is 0.0450. The molecule has 0 atom stereocenters. The van der Waals surface area contributed by atoms with E-state index in [9.17, 15) is 19.7 Å². The Bertz CT molecular complexity index is 926. The monoisotopic (exact) mass is 454 g/mol. The fraction of sp³-hybridized carbons (Fsp3) is 0.680. The van der Waals surface area contributed by atoms with Gasteiger partial charge >= 0.3 is 0 Å². The second kappa shape index (κ2) is 8.61. The van der Waals surface area contributed by atoms with Crippen LogP contribution in [0, 0.1) is 39.7 Å². The first kappa shape index (κ1) is 22.2. The lowest BCUT2D eigenvalue weighted by atomic mass is 9.54. The molecule has 6 rings (SSSR count). The SMILES string of the molecule is CC(C)C(=O)N1CCN(c2ccc(C(=O)NC3C4CC5CC(C4)CC3C5)cc2[N+](=O)[O-])CC1. The Morgan fingerprint density at radius 2 is 1.61 bits per heavy atom. The van der Waals surface area contributed by atoms with Gasteiger partial charge in [0.15, 0.2) is 0 Å². The second-order valence-corrected chi connectivity index (χ2v) is 10.9. The average Bonchev–Trinajstić information content (AvgIpc) is 2.80. The molecule has 1 aliphatic heterocycles. The van der Waals surface area contributed by atoms with E-state index >= 15 is 0 Å². The number of nitro benzene ring substituents is 1. The molecule has 1 heterocycles. The predicted molar refractivity (Wildman–Crippen MR) is 125 cm³/mol. The Morgan fingerprint density at radius 3 is 2.15 bits per heavy atom. The lowest BCUT2D eigenvalue weighted by Crippen LogP contribution is -2.55. The Kier molecular flexibility index (Phi) is 5.79. The van der Waals surface area contributed by atoms with E-state index in [4.69, 9.17) is 0 Å². The van der Waals surface area contributed by atoms with Gasteiger partial charge < -0.3 is 15.1 Å². The third kappa shape index (κ3) is 4.20. The smallest absolute Gasteiger partial charge is 0.293 e. The highest BCUT2D eigenvalue weighted by atomic mass is 16.6. The van der Waals surface area contributed by atoms with Crippen LogP contribution < -0.4 is 10.2 Å². The lowest BCUT2D eigenvalue weighted by molar-refractivity contribution is -0.384. The molecule has 0 unspecified atom stereocenters. The molecule has 1 N–H and O–H groups in total. The van der Waals surface area contributed by atoms with Gasteiger partial charge in [-0.2, -0.15) is 0 Å². The number of carbonyl (C=O) groups is 2. The molecule has 0 aromatic heterocycles. The maximum atomic E-state index is 13.1. The Labute approximate surface area is 194 Å². The minimum Gasteiger partial charge on any atom is -0.362 e. The largest absolute Gasteiger partial charge is 0.362 e. The van der Waals surface area contributed by atoms with Crippen molar-refractivity contribution in [1.82, 2.24) is 10.2 Å². The van der Waals surface area contributed by atoms with Crippen LogP contribution in [0.1, 0.15) is 56.3 Å². The summed E-state index contributed by atoms with van der Waals surface area (Å²) in [5.41, 5.74) is 0.826. The van der Waals surface area contributed by atoms with E-state index in [-0.39, 0.29) is 29.5 Å². The molecule has 2 amide bonds. The van der Waals surface area contributed by atoms with Gasteiger partial charge in [-0.3, -0.25) is 19.7 Å². The van der Waals surface area contributed by atoms with Crippen LogP contribution in [-0.4, -0.2) is 53.9 Å². The number of hydrogen-bond acceptors (Lipinski definition) is 5. The third-order valence-electron chi connectivity index (χ3n) is 8.38. The molecule has 1 aromatic rings. The van der Waals surface area contributed by atoms with E-state index in [1.54, 1.807) is 12.1 Å². The molecule has 8 nitrogen and oxygen atoms in total. The molecule has 4 saturated carbocycles. The lowest BCUT2D eigenvalue weighted by Gasteiger charge is -2.54. The van der Waals surface area contributed by atoms with Crippen LogP contribution in [0.15, 0.2) is 18.2 Å². The zero-order valence-corrected chi connectivity index (χ0v) is 19.5. The van der Waals surface area contributed by atoms with Crippen molar-refractivity contribution in [2.45, 2.75) is 52.0 Å². The number of carbonyl (C=O) groups excluding carboxylic acids is 2. The molecule has 1 saturated heterocycles. The van der Waals surface area contributed by atoms with E-state index in [0.29, 0.717) is 49.3 Å². The first-order valence-electron chi connectivity index (χ1n) is 12.4. The van der Waals surface area contributed by atoms with Crippen molar-refractivity contribution in [1.29, 1.82) is 0 Å². The summed E-state index contributed by atoms with van der Waals surface area (Å²) in [6, 6.07) is 5.03. The summed E-state index contributed by atoms with van der Waals surface area (Å²) in [6.07, 6.45) is 6.20. The first-order chi connectivity index (χ1) is 15.8. The maximum Gasteiger partial charge on any atom is 0.293 e. The van der Waals surface area contributed by atoms with E-state index in [1.807, 2.05) is 23.6 Å². The average molecular weight is 455 g/mol. The van der Waals surface area contributed by atoms with Crippen molar-refractivity contribution in [3.63, 3.8) is 0 Å². The zero-order chi connectivity index (χ0) is 23.3. The van der Waals surface area contributed by atoms with Gasteiger partial charge in [0, 0.05) is 49.8 Å². The highest BCUT2D eigenvalue weighted by molar-refractivity contribution is 5.96. The summed E-state index contributed by atoms with van der Waals surface area (Å²) >= 11 is 0. The van der Waals surface area contributed by atoms with E-state index in [0.717, 1.165) is 11.8 Å². The molecular formula is C25H34N4O4. The van der Waals surface area contributed by atoms with Gasteiger partial charge in [-0.1, -0.05) is 13.8 Å². The Morgan fingerprint density at radius 1 is 1.00 bits per heavy atom. The third-order valence-corrected chi connectivity index (χ3v) is 8.38. The normalized spacial score (nSPS) is 30.6. The highest BCUT2D eigenvalue weighted by Gasteiger charge is 2.48. The van der Waals surface area contributed by atoms with E-state index < -0.39 is 4.92 Å². The Balaban J connectivity index is 1.28. The van der Waals surface area contributed by atoms with Crippen molar-refractivity contribution in [3.8, 4) is 0 Å². The molecule has 178 valence electrons. The molecular weight excluding hydrogens is 420 g/mol. The van der Waals surface area contributed by atoms with Crippen LogP contribution in [0.5, 0.6) is 0 Å². The standard InChI is InChI=1S/C25H34N4O4/c1-15(2)25(31)28-7-5-27(6-8-28)21-4-3-18(14-22(21)29(32)33)24(30)26-23-19-10-16-9-17(12-19)13-20(23)11-16/h3-4,14-17,19-20,23H,5-13H2,1-2H3,(H,26,30). The van der Waals surface area contributed by atoms with Crippen molar-refractivity contribution >= 4 is 23.2 Å². The van der Waals surface area contributed by atoms with Crippen LogP contribution >= 0.6 is 0 Å². The van der Waals surface area contributed by atoms with Crippen molar-refractivity contribution < 1.29 is 14.5 Å². The van der Waals surface area contributed by atoms with Crippen LogP contribution in [0.2, 0.25) is 0 Å².